The van der Waals surface area contributed by atoms with Crippen LogP contribution in [0.3, 0.4) is 0 Å². The smallest absolute Gasteiger partial charge is 0.252 e. The molecule has 2 heterocycles. The third-order valence-electron chi connectivity index (χ3n) is 5.44. The van der Waals surface area contributed by atoms with Gasteiger partial charge in [-0.25, -0.2) is 4.98 Å². The van der Waals surface area contributed by atoms with Gasteiger partial charge in [0.15, 0.2) is 0 Å². The van der Waals surface area contributed by atoms with Crippen molar-refractivity contribution < 1.29 is 14.3 Å². The van der Waals surface area contributed by atoms with E-state index in [1.807, 2.05) is 59.5 Å². The fourth-order valence-corrected chi connectivity index (χ4v) is 3.61. The summed E-state index contributed by atoms with van der Waals surface area (Å²) in [7, 11) is 0. The summed E-state index contributed by atoms with van der Waals surface area (Å²) in [4.78, 5) is 30.4. The molecule has 0 radical (unpaired) electrons. The third kappa shape index (κ3) is 6.08. The summed E-state index contributed by atoms with van der Waals surface area (Å²) < 4.78 is 5.30. The topological polar surface area (TPSA) is 110 Å². The molecule has 0 bridgehead atoms. The summed E-state index contributed by atoms with van der Waals surface area (Å²) in [5.74, 6) is 0.142. The Bertz CT molecular complexity index is 1100. The number of aromatic nitrogens is 1. The van der Waals surface area contributed by atoms with Gasteiger partial charge in [-0.1, -0.05) is 42.5 Å². The lowest BCUT2D eigenvalue weighted by atomic mass is 10.1. The first kappa shape index (κ1) is 22.3. The quantitative estimate of drug-likeness (QED) is 0.492. The number of ether oxygens (including phenoxy) is 1. The highest BCUT2D eigenvalue weighted by Gasteiger charge is 2.17. The minimum atomic E-state index is -0.543. The van der Waals surface area contributed by atoms with Crippen molar-refractivity contribution in [3.05, 3.63) is 83.6 Å². The number of anilines is 3. The number of benzene rings is 2. The molecule has 1 aliphatic heterocycles. The van der Waals surface area contributed by atoms with Gasteiger partial charge in [0.1, 0.15) is 5.82 Å². The number of pyridine rings is 1. The highest BCUT2D eigenvalue weighted by atomic mass is 16.5. The number of amides is 2. The number of rotatable bonds is 8. The summed E-state index contributed by atoms with van der Waals surface area (Å²) in [6.45, 7) is 3.03. The molecular formula is C25H27N5O3. The average molecular weight is 446 g/mol. The van der Waals surface area contributed by atoms with Gasteiger partial charge in [-0.15, -0.1) is 0 Å². The number of nitrogens with zero attached hydrogens (tertiary/aromatic N) is 2. The first-order valence-electron chi connectivity index (χ1n) is 10.9. The van der Waals surface area contributed by atoms with Crippen LogP contribution in [0.15, 0.2) is 66.9 Å². The Kier molecular flexibility index (Phi) is 7.16. The van der Waals surface area contributed by atoms with Crippen LogP contribution in [-0.2, 0) is 22.5 Å². The van der Waals surface area contributed by atoms with Crippen molar-refractivity contribution in [1.29, 1.82) is 0 Å². The molecule has 1 fully saturated rings. The molecule has 3 aromatic rings. The van der Waals surface area contributed by atoms with Crippen molar-refractivity contribution in [2.75, 3.05) is 36.9 Å². The molecule has 1 aliphatic rings. The lowest BCUT2D eigenvalue weighted by Crippen LogP contribution is -2.41. The Labute approximate surface area is 192 Å². The molecule has 2 amide bonds. The van der Waals surface area contributed by atoms with Gasteiger partial charge in [0.2, 0.25) is 5.91 Å². The lowest BCUT2D eigenvalue weighted by molar-refractivity contribution is -0.134. The fraction of sp³-hybridized carbons (Fsp3) is 0.240. The number of carbonyl (C=O) groups excluding carboxylic acids is 2. The highest BCUT2D eigenvalue weighted by Crippen LogP contribution is 2.23. The van der Waals surface area contributed by atoms with Crippen LogP contribution in [-0.4, -0.2) is 48.0 Å². The Morgan fingerprint density at radius 3 is 2.42 bits per heavy atom. The first-order valence-corrected chi connectivity index (χ1v) is 10.9. The number of carbonyl (C=O) groups is 2. The van der Waals surface area contributed by atoms with E-state index in [0.29, 0.717) is 56.3 Å². The normalized spacial score (nSPS) is 13.4. The monoisotopic (exact) mass is 445 g/mol. The average Bonchev–Trinajstić information content (AvgIpc) is 2.85. The van der Waals surface area contributed by atoms with Crippen molar-refractivity contribution in [3.63, 3.8) is 0 Å². The molecule has 1 saturated heterocycles. The van der Waals surface area contributed by atoms with E-state index >= 15 is 0 Å². The maximum Gasteiger partial charge on any atom is 0.252 e. The van der Waals surface area contributed by atoms with E-state index in [4.69, 9.17) is 10.5 Å². The SMILES string of the molecule is NC(=O)c1cnc(Nc2ccc(CC(=O)N3CCOCC3)cc2)cc1NCc1ccccc1. The zero-order chi connectivity index (χ0) is 23.0. The van der Waals surface area contributed by atoms with E-state index in [1.165, 1.54) is 6.20 Å². The van der Waals surface area contributed by atoms with Crippen LogP contribution in [0.1, 0.15) is 21.5 Å². The molecule has 0 unspecified atom stereocenters. The first-order chi connectivity index (χ1) is 16.1. The highest BCUT2D eigenvalue weighted by molar-refractivity contribution is 5.98. The van der Waals surface area contributed by atoms with Crippen molar-refractivity contribution >= 4 is 29.0 Å². The number of morpholine rings is 1. The van der Waals surface area contributed by atoms with E-state index in [0.717, 1.165) is 16.8 Å². The van der Waals surface area contributed by atoms with Crippen LogP contribution >= 0.6 is 0 Å². The summed E-state index contributed by atoms with van der Waals surface area (Å²) in [5.41, 5.74) is 9.31. The predicted molar refractivity (Wildman–Crippen MR) is 127 cm³/mol. The number of hydrogen-bond donors (Lipinski definition) is 3. The van der Waals surface area contributed by atoms with Gasteiger partial charge in [-0.05, 0) is 23.3 Å². The van der Waals surface area contributed by atoms with Crippen LogP contribution in [0.5, 0.6) is 0 Å². The molecule has 0 atom stereocenters. The minimum Gasteiger partial charge on any atom is -0.380 e. The van der Waals surface area contributed by atoms with E-state index in [9.17, 15) is 9.59 Å². The molecule has 33 heavy (non-hydrogen) atoms. The van der Waals surface area contributed by atoms with Crippen LogP contribution in [0, 0.1) is 0 Å². The van der Waals surface area contributed by atoms with Crippen LogP contribution < -0.4 is 16.4 Å². The minimum absolute atomic E-state index is 0.108. The zero-order valence-corrected chi connectivity index (χ0v) is 18.3. The van der Waals surface area contributed by atoms with Crippen LogP contribution in [0.2, 0.25) is 0 Å². The molecule has 0 spiro atoms. The number of primary amides is 1. The molecule has 0 saturated carbocycles. The summed E-state index contributed by atoms with van der Waals surface area (Å²) in [6, 6.07) is 19.3. The van der Waals surface area contributed by atoms with Crippen LogP contribution in [0.25, 0.3) is 0 Å². The molecule has 2 aromatic carbocycles. The van der Waals surface area contributed by atoms with Gasteiger partial charge < -0.3 is 26.0 Å². The summed E-state index contributed by atoms with van der Waals surface area (Å²) in [6.07, 6.45) is 1.83. The molecule has 8 heteroatoms. The second-order valence-corrected chi connectivity index (χ2v) is 7.81. The molecular weight excluding hydrogens is 418 g/mol. The van der Waals surface area contributed by atoms with Crippen LogP contribution in [0.4, 0.5) is 17.2 Å². The summed E-state index contributed by atoms with van der Waals surface area (Å²) >= 11 is 0. The maximum absolute atomic E-state index is 12.4. The summed E-state index contributed by atoms with van der Waals surface area (Å²) in [5, 5.41) is 6.50. The Hall–Kier alpha value is -3.91. The molecule has 4 N–H and O–H groups in total. The third-order valence-corrected chi connectivity index (χ3v) is 5.44. The largest absolute Gasteiger partial charge is 0.380 e. The van der Waals surface area contributed by atoms with Gasteiger partial charge in [0.05, 0.1) is 30.9 Å². The van der Waals surface area contributed by atoms with Gasteiger partial charge >= 0.3 is 0 Å². The predicted octanol–water partition coefficient (Wildman–Crippen LogP) is 2.94. The van der Waals surface area contributed by atoms with Crippen molar-refractivity contribution in [2.24, 2.45) is 5.73 Å². The second kappa shape index (κ2) is 10.6. The molecule has 0 aliphatic carbocycles. The molecule has 170 valence electrons. The Morgan fingerprint density at radius 2 is 1.73 bits per heavy atom. The number of hydrogen-bond acceptors (Lipinski definition) is 6. The van der Waals surface area contributed by atoms with E-state index in [1.54, 1.807) is 6.07 Å². The van der Waals surface area contributed by atoms with Crippen molar-refractivity contribution in [3.8, 4) is 0 Å². The van der Waals surface area contributed by atoms with E-state index in [2.05, 4.69) is 15.6 Å². The van der Waals surface area contributed by atoms with Gasteiger partial charge in [-0.2, -0.15) is 0 Å². The Balaban J connectivity index is 1.41. The second-order valence-electron chi connectivity index (χ2n) is 7.81. The number of nitrogens with one attached hydrogen (secondary N) is 2. The van der Waals surface area contributed by atoms with E-state index < -0.39 is 5.91 Å². The van der Waals surface area contributed by atoms with Gasteiger partial charge in [0, 0.05) is 37.6 Å². The maximum atomic E-state index is 12.4. The standard InChI is InChI=1S/C25H27N5O3/c26-25(32)21-17-28-23(15-22(21)27-16-19-4-2-1-3-5-19)29-20-8-6-18(7-9-20)14-24(31)30-10-12-33-13-11-30/h1-9,15,17H,10-14,16H2,(H2,26,32)(H2,27,28,29). The molecule has 4 rings (SSSR count). The van der Waals surface area contributed by atoms with Gasteiger partial charge in [-0.3, -0.25) is 9.59 Å². The van der Waals surface area contributed by atoms with Crippen molar-refractivity contribution in [1.82, 2.24) is 9.88 Å². The van der Waals surface area contributed by atoms with Crippen molar-refractivity contribution in [2.45, 2.75) is 13.0 Å². The molecule has 1 aromatic heterocycles. The van der Waals surface area contributed by atoms with Gasteiger partial charge in [0.25, 0.3) is 5.91 Å². The number of nitrogens with two attached hydrogens (primary N) is 1. The van der Waals surface area contributed by atoms with E-state index in [-0.39, 0.29) is 5.91 Å². The zero-order valence-electron chi connectivity index (χ0n) is 18.3. The fourth-order valence-electron chi connectivity index (χ4n) is 3.61. The Morgan fingerprint density at radius 1 is 1.00 bits per heavy atom. The molecule has 8 nitrogen and oxygen atoms in total. The lowest BCUT2D eigenvalue weighted by Gasteiger charge is -2.26.